The molecule has 0 saturated carbocycles. The van der Waals surface area contributed by atoms with Crippen molar-refractivity contribution in [2.45, 2.75) is 45.3 Å². The van der Waals surface area contributed by atoms with Gasteiger partial charge < -0.3 is 0 Å². The molecule has 1 aromatic heterocycles. The van der Waals surface area contributed by atoms with Gasteiger partial charge in [0.15, 0.2) is 0 Å². The van der Waals surface area contributed by atoms with Gasteiger partial charge in [-0.3, -0.25) is 9.80 Å². The molecule has 0 N–H and O–H groups in total. The summed E-state index contributed by atoms with van der Waals surface area (Å²) in [5, 5.41) is 0. The van der Waals surface area contributed by atoms with E-state index in [0.29, 0.717) is 0 Å². The van der Waals surface area contributed by atoms with Crippen LogP contribution in [0.4, 0.5) is 0 Å². The molecule has 2 aliphatic heterocycles. The predicted molar refractivity (Wildman–Crippen MR) is 71.2 cm³/mol. The van der Waals surface area contributed by atoms with Crippen molar-refractivity contribution in [1.82, 2.24) is 19.8 Å². The Morgan fingerprint density at radius 2 is 1.78 bits per heavy atom. The van der Waals surface area contributed by atoms with Gasteiger partial charge >= 0.3 is 0 Å². The van der Waals surface area contributed by atoms with E-state index in [0.717, 1.165) is 24.5 Å². The minimum atomic E-state index is 0.778. The van der Waals surface area contributed by atoms with Crippen molar-refractivity contribution in [2.75, 3.05) is 19.6 Å². The molecule has 2 saturated heterocycles. The summed E-state index contributed by atoms with van der Waals surface area (Å²) in [6.45, 7) is 8.84. The number of piperazine rings is 1. The van der Waals surface area contributed by atoms with Crippen LogP contribution >= 0.6 is 0 Å². The molecule has 4 nitrogen and oxygen atoms in total. The Bertz CT molecular complexity index is 389. The molecule has 2 fully saturated rings. The maximum absolute atomic E-state index is 4.28. The number of hydrogen-bond donors (Lipinski definition) is 0. The topological polar surface area (TPSA) is 32.3 Å². The fourth-order valence-electron chi connectivity index (χ4n) is 3.48. The van der Waals surface area contributed by atoms with Crippen LogP contribution in [0, 0.1) is 6.92 Å². The Labute approximate surface area is 109 Å². The maximum atomic E-state index is 4.28. The minimum Gasteiger partial charge on any atom is -0.296 e. The molecule has 0 spiro atoms. The summed E-state index contributed by atoms with van der Waals surface area (Å²) >= 11 is 0. The van der Waals surface area contributed by atoms with Crippen LogP contribution in [0.5, 0.6) is 0 Å². The summed E-state index contributed by atoms with van der Waals surface area (Å²) in [6, 6.07) is 1.56. The highest BCUT2D eigenvalue weighted by Crippen LogP contribution is 2.30. The van der Waals surface area contributed by atoms with E-state index in [-0.39, 0.29) is 0 Å². The smallest absolute Gasteiger partial charge is 0.125 e. The number of rotatable bonds is 3. The molecular formula is C14H22N4. The van der Waals surface area contributed by atoms with Crippen molar-refractivity contribution in [3.05, 3.63) is 23.8 Å². The van der Waals surface area contributed by atoms with Gasteiger partial charge in [0, 0.05) is 49.7 Å². The van der Waals surface area contributed by atoms with Crippen molar-refractivity contribution < 1.29 is 0 Å². The van der Waals surface area contributed by atoms with Crippen LogP contribution in [0.25, 0.3) is 0 Å². The Hall–Kier alpha value is -1.00. The molecule has 0 aliphatic carbocycles. The van der Waals surface area contributed by atoms with Gasteiger partial charge in [0.05, 0.1) is 0 Å². The summed E-state index contributed by atoms with van der Waals surface area (Å²) in [5.41, 5.74) is 1.24. The van der Waals surface area contributed by atoms with Gasteiger partial charge in [-0.25, -0.2) is 9.97 Å². The van der Waals surface area contributed by atoms with Gasteiger partial charge in [0.2, 0.25) is 0 Å². The molecule has 1 aromatic rings. The molecule has 3 rings (SSSR count). The number of aryl methyl sites for hydroxylation is 1. The number of likely N-dealkylation sites (N-methyl/N-ethyl adjacent to an activating group) is 1. The quantitative estimate of drug-likeness (QED) is 0.808. The van der Waals surface area contributed by atoms with Crippen LogP contribution in [-0.2, 0) is 6.54 Å². The van der Waals surface area contributed by atoms with Crippen molar-refractivity contribution in [3.8, 4) is 0 Å². The van der Waals surface area contributed by atoms with Crippen LogP contribution < -0.4 is 0 Å². The van der Waals surface area contributed by atoms with E-state index in [1.54, 1.807) is 0 Å². The van der Waals surface area contributed by atoms with Gasteiger partial charge in [-0.05, 0) is 26.3 Å². The molecule has 2 aliphatic rings. The lowest BCUT2D eigenvalue weighted by Gasteiger charge is -2.40. The summed E-state index contributed by atoms with van der Waals surface area (Å²) in [7, 11) is 0. The molecule has 2 bridgehead atoms. The third-order valence-electron chi connectivity index (χ3n) is 4.31. The second-order valence-electron chi connectivity index (χ2n) is 5.55. The average Bonchev–Trinajstić information content (AvgIpc) is 2.62. The SMILES string of the molecule is CCN1C2CCC1CN(Cc1cnc(C)nc1)C2. The molecule has 3 heterocycles. The van der Waals surface area contributed by atoms with Crippen LogP contribution in [0.1, 0.15) is 31.2 Å². The molecular weight excluding hydrogens is 224 g/mol. The van der Waals surface area contributed by atoms with E-state index >= 15 is 0 Å². The molecule has 4 heteroatoms. The zero-order chi connectivity index (χ0) is 12.5. The van der Waals surface area contributed by atoms with Crippen LogP contribution in [0.3, 0.4) is 0 Å². The van der Waals surface area contributed by atoms with Crippen molar-refractivity contribution in [2.24, 2.45) is 0 Å². The number of aromatic nitrogens is 2. The van der Waals surface area contributed by atoms with Gasteiger partial charge in [0.1, 0.15) is 5.82 Å². The van der Waals surface area contributed by atoms with Gasteiger partial charge in [-0.2, -0.15) is 0 Å². The van der Waals surface area contributed by atoms with Gasteiger partial charge in [-0.15, -0.1) is 0 Å². The summed E-state index contributed by atoms with van der Waals surface area (Å²) in [5.74, 6) is 0.856. The van der Waals surface area contributed by atoms with E-state index in [4.69, 9.17) is 0 Å². The zero-order valence-electron chi connectivity index (χ0n) is 11.3. The fraction of sp³-hybridized carbons (Fsp3) is 0.714. The van der Waals surface area contributed by atoms with Crippen LogP contribution in [0.2, 0.25) is 0 Å². The van der Waals surface area contributed by atoms with E-state index in [1.807, 2.05) is 19.3 Å². The Kier molecular flexibility index (Phi) is 3.31. The standard InChI is InChI=1S/C14H22N4/c1-3-18-13-4-5-14(18)10-17(9-13)8-12-6-15-11(2)16-7-12/h6-7,13-14H,3-5,8-10H2,1-2H3. The maximum Gasteiger partial charge on any atom is 0.125 e. The second-order valence-corrected chi connectivity index (χ2v) is 5.55. The predicted octanol–water partition coefficient (Wildman–Crippen LogP) is 1.45. The van der Waals surface area contributed by atoms with Crippen LogP contribution in [0.15, 0.2) is 12.4 Å². The Balaban J connectivity index is 1.64. The lowest BCUT2D eigenvalue weighted by Crippen LogP contribution is -2.53. The second kappa shape index (κ2) is 4.94. The fourth-order valence-corrected chi connectivity index (χ4v) is 3.48. The number of hydrogen-bond acceptors (Lipinski definition) is 4. The highest BCUT2D eigenvalue weighted by molar-refractivity contribution is 5.06. The van der Waals surface area contributed by atoms with E-state index in [2.05, 4.69) is 26.7 Å². The van der Waals surface area contributed by atoms with E-state index < -0.39 is 0 Å². The minimum absolute atomic E-state index is 0.778. The monoisotopic (exact) mass is 246 g/mol. The molecule has 2 unspecified atom stereocenters. The zero-order valence-corrected chi connectivity index (χ0v) is 11.3. The lowest BCUT2D eigenvalue weighted by molar-refractivity contribution is 0.0669. The number of fused-ring (bicyclic) bond motifs is 2. The normalized spacial score (nSPS) is 28.8. The van der Waals surface area contributed by atoms with E-state index in [9.17, 15) is 0 Å². The summed E-state index contributed by atoms with van der Waals surface area (Å²) in [6.07, 6.45) is 6.69. The molecule has 2 atom stereocenters. The first-order valence-electron chi connectivity index (χ1n) is 7.02. The van der Waals surface area contributed by atoms with Crippen molar-refractivity contribution in [1.29, 1.82) is 0 Å². The largest absolute Gasteiger partial charge is 0.296 e. The molecule has 0 amide bonds. The number of likely N-dealkylation sites (tertiary alicyclic amines) is 1. The van der Waals surface area contributed by atoms with Gasteiger partial charge in [-0.1, -0.05) is 6.92 Å². The highest BCUT2D eigenvalue weighted by atomic mass is 15.3. The van der Waals surface area contributed by atoms with Crippen molar-refractivity contribution in [3.63, 3.8) is 0 Å². The summed E-state index contributed by atoms with van der Waals surface area (Å²) < 4.78 is 0. The first-order chi connectivity index (χ1) is 8.76. The highest BCUT2D eigenvalue weighted by Gasteiger charge is 2.38. The molecule has 0 radical (unpaired) electrons. The lowest BCUT2D eigenvalue weighted by atomic mass is 10.1. The Morgan fingerprint density at radius 3 is 2.33 bits per heavy atom. The third-order valence-corrected chi connectivity index (χ3v) is 4.31. The Morgan fingerprint density at radius 1 is 1.17 bits per heavy atom. The van der Waals surface area contributed by atoms with Crippen LogP contribution in [-0.4, -0.2) is 51.5 Å². The molecule has 0 aromatic carbocycles. The molecule has 18 heavy (non-hydrogen) atoms. The molecule has 98 valence electrons. The van der Waals surface area contributed by atoms with Gasteiger partial charge in [0.25, 0.3) is 0 Å². The first kappa shape index (κ1) is 12.1. The first-order valence-corrected chi connectivity index (χ1v) is 7.02. The third kappa shape index (κ3) is 2.27. The van der Waals surface area contributed by atoms with E-state index in [1.165, 1.54) is 38.0 Å². The van der Waals surface area contributed by atoms with Crippen molar-refractivity contribution >= 4 is 0 Å². The number of nitrogens with zero attached hydrogens (tertiary/aromatic N) is 4. The average molecular weight is 246 g/mol. The summed E-state index contributed by atoms with van der Waals surface area (Å²) in [4.78, 5) is 13.8.